The second-order valence-corrected chi connectivity index (χ2v) is 23.2. The Kier molecular flexibility index (Phi) is 11.2. The fraction of sp³-hybridized carbons (Fsp3) is 1.00. The largest absolute Gasteiger partial charge is 0.485 e. The van der Waals surface area contributed by atoms with Gasteiger partial charge in [-0.1, -0.05) is 34.6 Å². The van der Waals surface area contributed by atoms with E-state index in [0.717, 1.165) is 0 Å². The van der Waals surface area contributed by atoms with Crippen LogP contribution in [0.15, 0.2) is 0 Å². The summed E-state index contributed by atoms with van der Waals surface area (Å²) in [4.78, 5) is 0. The van der Waals surface area contributed by atoms with Crippen LogP contribution in [-0.4, -0.2) is 79.6 Å². The van der Waals surface area contributed by atoms with Crippen LogP contribution in [0.3, 0.4) is 0 Å². The van der Waals surface area contributed by atoms with Crippen LogP contribution < -0.4 is 0 Å². The van der Waals surface area contributed by atoms with Crippen molar-refractivity contribution in [1.29, 1.82) is 0 Å². The number of rotatable bonds is 10. The zero-order valence-electron chi connectivity index (χ0n) is 20.1. The zero-order valence-corrected chi connectivity index (χ0v) is 25.1. The molecule has 0 aromatic rings. The first-order chi connectivity index (χ1) is 14.1. The molecule has 0 amide bonds. The Labute approximate surface area is 187 Å². The van der Waals surface area contributed by atoms with Crippen molar-refractivity contribution in [3.05, 3.63) is 0 Å². The van der Waals surface area contributed by atoms with Crippen LogP contribution in [0.2, 0.25) is 30.2 Å². The van der Waals surface area contributed by atoms with Gasteiger partial charge < -0.3 is 42.7 Å². The number of hydrogen-bond donors (Lipinski definition) is 0. The molecule has 0 bridgehead atoms. The molecule has 1 fully saturated rings. The highest BCUT2D eigenvalue weighted by Crippen LogP contribution is 2.38. The summed E-state index contributed by atoms with van der Waals surface area (Å²) in [5, 5.41) is 0. The van der Waals surface area contributed by atoms with Crippen molar-refractivity contribution < 1.29 is 42.7 Å². The highest BCUT2D eigenvalue weighted by Gasteiger charge is 2.66. The lowest BCUT2D eigenvalue weighted by atomic mass is 11.0. The summed E-state index contributed by atoms with van der Waals surface area (Å²) in [6.07, 6.45) is 0. The lowest BCUT2D eigenvalue weighted by molar-refractivity contribution is 0.0387. The average Bonchev–Trinajstić information content (AvgIpc) is 2.81. The molecule has 0 aromatic heterocycles. The third-order valence-electron chi connectivity index (χ3n) is 5.28. The summed E-state index contributed by atoms with van der Waals surface area (Å²) in [5.41, 5.74) is 0. The molecule has 0 radical (unpaired) electrons. The van der Waals surface area contributed by atoms with Gasteiger partial charge in [-0.15, -0.1) is 0 Å². The van der Waals surface area contributed by atoms with E-state index < -0.39 is 44.0 Å². The first kappa shape index (κ1) is 28.7. The molecule has 180 valence electrons. The van der Waals surface area contributed by atoms with Crippen LogP contribution in [0.25, 0.3) is 0 Å². The Hall–Kier alpha value is 0.684. The van der Waals surface area contributed by atoms with Crippen molar-refractivity contribution in [1.82, 2.24) is 0 Å². The van der Waals surface area contributed by atoms with Crippen LogP contribution in [0.4, 0.5) is 0 Å². The Morgan fingerprint density at radius 2 is 0.500 bits per heavy atom. The van der Waals surface area contributed by atoms with Gasteiger partial charge in [0.2, 0.25) is 0 Å². The van der Waals surface area contributed by atoms with Crippen molar-refractivity contribution in [2.75, 3.05) is 35.5 Å². The molecule has 0 spiro atoms. The summed E-state index contributed by atoms with van der Waals surface area (Å²) >= 11 is 0. The van der Waals surface area contributed by atoms with Crippen molar-refractivity contribution in [3.8, 4) is 0 Å². The molecule has 0 aromatic carbocycles. The van der Waals surface area contributed by atoms with E-state index in [1.54, 1.807) is 35.5 Å². The van der Waals surface area contributed by atoms with Gasteiger partial charge in [0.1, 0.15) is 0 Å². The van der Waals surface area contributed by atoms with Crippen molar-refractivity contribution >= 4 is 44.0 Å². The molecule has 0 N–H and O–H groups in total. The summed E-state index contributed by atoms with van der Waals surface area (Å²) in [5.74, 6) is 0. The van der Waals surface area contributed by atoms with Gasteiger partial charge in [0.25, 0.3) is 0 Å². The van der Waals surface area contributed by atoms with Crippen LogP contribution in [0, 0.1) is 0 Å². The molecule has 1 aliphatic rings. The molecule has 1 aliphatic heterocycles. The molecule has 0 atom stereocenters. The minimum atomic E-state index is -3.30. The second-order valence-electron chi connectivity index (χ2n) is 6.71. The lowest BCUT2D eigenvalue weighted by Gasteiger charge is -2.48. The SMILES string of the molecule is CC[Si]1(OC)O[Si](CC)(OC)O[Si](CC)(OC)O[Si](CC)(OC)O[Si](CC)(OC)O1. The van der Waals surface area contributed by atoms with Crippen molar-refractivity contribution in [2.45, 2.75) is 64.8 Å². The van der Waals surface area contributed by atoms with E-state index in [9.17, 15) is 0 Å². The van der Waals surface area contributed by atoms with E-state index >= 15 is 0 Å². The zero-order chi connectivity index (χ0) is 23.1. The second kappa shape index (κ2) is 11.7. The first-order valence-electron chi connectivity index (χ1n) is 10.4. The Morgan fingerprint density at radius 3 is 0.567 bits per heavy atom. The highest BCUT2D eigenvalue weighted by molar-refractivity contribution is 6.89. The predicted octanol–water partition coefficient (Wildman–Crippen LogP) is 3.11. The molecule has 30 heavy (non-hydrogen) atoms. The molecule has 1 rings (SSSR count). The summed E-state index contributed by atoms with van der Waals surface area (Å²) in [6.45, 7) is 9.76. The maximum Gasteiger partial charge on any atom is 0.485 e. The standard InChI is InChI=1S/C15H40O10Si5/c1-11-26(16-6)21-27(12-2,17-7)23-29(14-4,19-9)25-30(15-5,20-10)24-28(13-3,18-8)22-26/h11-15H2,1-10H3. The highest BCUT2D eigenvalue weighted by atomic mass is 28.6. The molecule has 0 unspecified atom stereocenters. The van der Waals surface area contributed by atoms with E-state index in [-0.39, 0.29) is 0 Å². The van der Waals surface area contributed by atoms with Crippen LogP contribution >= 0.6 is 0 Å². The fourth-order valence-corrected chi connectivity index (χ4v) is 25.9. The van der Waals surface area contributed by atoms with Crippen molar-refractivity contribution in [3.63, 3.8) is 0 Å². The van der Waals surface area contributed by atoms with E-state index in [0.29, 0.717) is 30.2 Å². The number of hydrogen-bond acceptors (Lipinski definition) is 10. The Morgan fingerprint density at radius 1 is 0.367 bits per heavy atom. The topological polar surface area (TPSA) is 92.3 Å². The first-order valence-corrected chi connectivity index (χ1v) is 20.1. The van der Waals surface area contributed by atoms with Gasteiger partial charge in [-0.25, -0.2) is 0 Å². The minimum absolute atomic E-state index is 0.495. The normalized spacial score (nSPS) is 41.0. The van der Waals surface area contributed by atoms with Gasteiger partial charge >= 0.3 is 44.0 Å². The maximum absolute atomic E-state index is 6.57. The van der Waals surface area contributed by atoms with Gasteiger partial charge in [0.15, 0.2) is 0 Å². The van der Waals surface area contributed by atoms with E-state index in [4.69, 9.17) is 42.7 Å². The Bertz CT molecular complexity index is 384. The smallest absolute Gasteiger partial charge is 0.378 e. The summed E-state index contributed by atoms with van der Waals surface area (Å²) in [6, 6.07) is 2.47. The molecule has 0 saturated carbocycles. The fourth-order valence-electron chi connectivity index (χ4n) is 3.15. The van der Waals surface area contributed by atoms with E-state index in [1.807, 2.05) is 34.6 Å². The summed E-state index contributed by atoms with van der Waals surface area (Å²) < 4.78 is 62.3. The molecule has 10 nitrogen and oxygen atoms in total. The van der Waals surface area contributed by atoms with Gasteiger partial charge in [-0.3, -0.25) is 0 Å². The van der Waals surface area contributed by atoms with Gasteiger partial charge in [-0.05, 0) is 0 Å². The van der Waals surface area contributed by atoms with Gasteiger partial charge in [0.05, 0.1) is 0 Å². The van der Waals surface area contributed by atoms with Crippen LogP contribution in [0.1, 0.15) is 34.6 Å². The monoisotopic (exact) mass is 520 g/mol. The lowest BCUT2D eigenvalue weighted by Crippen LogP contribution is -2.72. The molecule has 1 heterocycles. The third-order valence-corrected chi connectivity index (χ3v) is 25.2. The predicted molar refractivity (Wildman–Crippen MR) is 122 cm³/mol. The van der Waals surface area contributed by atoms with Crippen LogP contribution in [-0.2, 0) is 42.7 Å². The molecule has 1 saturated heterocycles. The van der Waals surface area contributed by atoms with Gasteiger partial charge in [-0.2, -0.15) is 0 Å². The minimum Gasteiger partial charge on any atom is -0.378 e. The maximum atomic E-state index is 6.57. The van der Waals surface area contributed by atoms with E-state index in [1.165, 1.54) is 0 Å². The van der Waals surface area contributed by atoms with Crippen molar-refractivity contribution in [2.24, 2.45) is 0 Å². The molecule has 0 aliphatic carbocycles. The average molecular weight is 521 g/mol. The van der Waals surface area contributed by atoms with Gasteiger partial charge in [0, 0.05) is 65.8 Å². The van der Waals surface area contributed by atoms with E-state index in [2.05, 4.69) is 0 Å². The molecular formula is C15H40O10Si5. The quantitative estimate of drug-likeness (QED) is 0.400. The molecule has 15 heteroatoms. The molecular weight excluding hydrogens is 481 g/mol. The third kappa shape index (κ3) is 5.97. The summed E-state index contributed by atoms with van der Waals surface area (Å²) in [7, 11) is -8.60. The Balaban J connectivity index is 3.78. The van der Waals surface area contributed by atoms with Crippen LogP contribution in [0.5, 0.6) is 0 Å².